The van der Waals surface area contributed by atoms with Crippen molar-refractivity contribution >= 4 is 27.3 Å². The molecule has 1 atom stereocenters. The van der Waals surface area contributed by atoms with Crippen molar-refractivity contribution in [2.45, 2.75) is 12.8 Å². The van der Waals surface area contributed by atoms with E-state index in [0.717, 1.165) is 5.56 Å². The van der Waals surface area contributed by atoms with Gasteiger partial charge in [0.1, 0.15) is 0 Å². The minimum Gasteiger partial charge on any atom is -0.355 e. The first kappa shape index (κ1) is 16.9. The second-order valence-electron chi connectivity index (χ2n) is 5.66. The van der Waals surface area contributed by atoms with E-state index in [1.807, 2.05) is 0 Å². The Morgan fingerprint density at radius 2 is 2.08 bits per heavy atom. The highest BCUT2D eigenvalue weighted by molar-refractivity contribution is 7.91. The van der Waals surface area contributed by atoms with Crippen LogP contribution >= 0.6 is 11.6 Å². The molecule has 1 N–H and O–H groups in total. The summed E-state index contributed by atoms with van der Waals surface area (Å²) >= 11 is 5.83. The number of nitrogens with one attached hydrogen (secondary N) is 1. The average Bonchev–Trinajstić information content (AvgIpc) is 3.14. The van der Waals surface area contributed by atoms with Crippen LogP contribution in [0.1, 0.15) is 12.3 Å². The third-order valence-corrected chi connectivity index (χ3v) is 5.83. The molecule has 2 heterocycles. The molecular formula is C15H16ClN3O4S. The normalized spacial score (nSPS) is 19.3. The van der Waals surface area contributed by atoms with Crippen molar-refractivity contribution in [3.63, 3.8) is 0 Å². The molecule has 0 bridgehead atoms. The van der Waals surface area contributed by atoms with E-state index in [-0.39, 0.29) is 17.4 Å². The topological polar surface area (TPSA) is 102 Å². The van der Waals surface area contributed by atoms with E-state index < -0.39 is 15.8 Å². The smallest absolute Gasteiger partial charge is 0.228 e. The molecule has 0 radical (unpaired) electrons. The number of hydrogen-bond donors (Lipinski definition) is 1. The molecule has 1 aromatic carbocycles. The molecule has 7 nitrogen and oxygen atoms in total. The number of hydrogen-bond acceptors (Lipinski definition) is 6. The maximum atomic E-state index is 11.9. The maximum Gasteiger partial charge on any atom is 0.228 e. The standard InChI is InChI=1S/C15H16ClN3O4S/c16-12-3-1-10(2-4-12)14-18-13(23-19-14)5-7-17-15(20)11-6-8-24(21,22)9-11/h1-4,11H,5-9H2,(H,17,20). The van der Waals surface area contributed by atoms with E-state index in [4.69, 9.17) is 16.1 Å². The van der Waals surface area contributed by atoms with Crippen molar-refractivity contribution in [2.24, 2.45) is 5.92 Å². The number of carbonyl (C=O) groups is 1. The van der Waals surface area contributed by atoms with E-state index in [9.17, 15) is 13.2 Å². The van der Waals surface area contributed by atoms with Gasteiger partial charge in [-0.2, -0.15) is 4.98 Å². The summed E-state index contributed by atoms with van der Waals surface area (Å²) in [5.74, 6) is 0.171. The molecule has 1 aliphatic heterocycles. The van der Waals surface area contributed by atoms with Crippen LogP contribution in [0.25, 0.3) is 11.4 Å². The molecule has 3 rings (SSSR count). The Hall–Kier alpha value is -1.93. The quantitative estimate of drug-likeness (QED) is 0.856. The molecule has 128 valence electrons. The lowest BCUT2D eigenvalue weighted by molar-refractivity contribution is -0.124. The van der Waals surface area contributed by atoms with Crippen LogP contribution in [0.15, 0.2) is 28.8 Å². The monoisotopic (exact) mass is 369 g/mol. The Morgan fingerprint density at radius 3 is 2.75 bits per heavy atom. The number of carbonyl (C=O) groups excluding carboxylic acids is 1. The molecule has 1 fully saturated rings. The lowest BCUT2D eigenvalue weighted by Gasteiger charge is -2.07. The van der Waals surface area contributed by atoms with Gasteiger partial charge in [0.2, 0.25) is 17.6 Å². The van der Waals surface area contributed by atoms with Gasteiger partial charge < -0.3 is 9.84 Å². The van der Waals surface area contributed by atoms with Crippen molar-refractivity contribution in [3.8, 4) is 11.4 Å². The number of aromatic nitrogens is 2. The predicted molar refractivity (Wildman–Crippen MR) is 88.2 cm³/mol. The Kier molecular flexibility index (Phi) is 4.86. The lowest BCUT2D eigenvalue weighted by Crippen LogP contribution is -2.32. The Balaban J connectivity index is 1.51. The molecule has 0 saturated carbocycles. The number of halogens is 1. The average molecular weight is 370 g/mol. The third kappa shape index (κ3) is 4.12. The molecule has 1 aliphatic rings. The van der Waals surface area contributed by atoms with E-state index in [1.54, 1.807) is 24.3 Å². The van der Waals surface area contributed by atoms with Crippen LogP contribution in [0.4, 0.5) is 0 Å². The summed E-state index contributed by atoms with van der Waals surface area (Å²) in [4.78, 5) is 16.2. The van der Waals surface area contributed by atoms with Gasteiger partial charge in [0, 0.05) is 23.6 Å². The number of rotatable bonds is 5. The van der Waals surface area contributed by atoms with E-state index >= 15 is 0 Å². The lowest BCUT2D eigenvalue weighted by atomic mass is 10.1. The molecule has 1 aromatic heterocycles. The van der Waals surface area contributed by atoms with Crippen molar-refractivity contribution in [1.29, 1.82) is 0 Å². The van der Waals surface area contributed by atoms with Gasteiger partial charge in [-0.25, -0.2) is 8.42 Å². The summed E-state index contributed by atoms with van der Waals surface area (Å²) in [7, 11) is -3.06. The highest BCUT2D eigenvalue weighted by atomic mass is 35.5. The third-order valence-electron chi connectivity index (χ3n) is 3.81. The highest BCUT2D eigenvalue weighted by Gasteiger charge is 2.32. The molecular weight excluding hydrogens is 354 g/mol. The van der Waals surface area contributed by atoms with Crippen molar-refractivity contribution in [1.82, 2.24) is 15.5 Å². The second kappa shape index (κ2) is 6.90. The molecule has 9 heteroatoms. The number of sulfone groups is 1. The van der Waals surface area contributed by atoms with Crippen LogP contribution in [0.2, 0.25) is 5.02 Å². The fourth-order valence-electron chi connectivity index (χ4n) is 2.51. The Labute approximate surface area is 144 Å². The first-order valence-corrected chi connectivity index (χ1v) is 9.69. The van der Waals surface area contributed by atoms with Gasteiger partial charge in [-0.15, -0.1) is 0 Å². The zero-order valence-electron chi connectivity index (χ0n) is 12.7. The van der Waals surface area contributed by atoms with Gasteiger partial charge in [0.25, 0.3) is 0 Å². The van der Waals surface area contributed by atoms with Gasteiger partial charge >= 0.3 is 0 Å². The fraction of sp³-hybridized carbons (Fsp3) is 0.400. The summed E-state index contributed by atoms with van der Waals surface area (Å²) in [5, 5.41) is 7.23. The fourth-order valence-corrected chi connectivity index (χ4v) is 4.38. The van der Waals surface area contributed by atoms with Crippen molar-refractivity contribution in [2.75, 3.05) is 18.1 Å². The van der Waals surface area contributed by atoms with Crippen LogP contribution in [0.3, 0.4) is 0 Å². The van der Waals surface area contributed by atoms with Crippen LogP contribution in [0, 0.1) is 5.92 Å². The van der Waals surface area contributed by atoms with Gasteiger partial charge in [0.15, 0.2) is 9.84 Å². The molecule has 1 saturated heterocycles. The first-order valence-electron chi connectivity index (χ1n) is 7.49. The van der Waals surface area contributed by atoms with Crippen molar-refractivity contribution < 1.29 is 17.7 Å². The molecule has 1 amide bonds. The maximum absolute atomic E-state index is 11.9. The van der Waals surface area contributed by atoms with E-state index in [2.05, 4.69) is 15.5 Å². The number of benzene rings is 1. The van der Waals surface area contributed by atoms with Gasteiger partial charge in [-0.05, 0) is 30.7 Å². The summed E-state index contributed by atoms with van der Waals surface area (Å²) in [6.07, 6.45) is 0.765. The zero-order chi connectivity index (χ0) is 17.2. The summed E-state index contributed by atoms with van der Waals surface area (Å²) in [6.45, 7) is 0.317. The number of nitrogens with zero attached hydrogens (tertiary/aromatic N) is 2. The molecule has 1 unspecified atom stereocenters. The van der Waals surface area contributed by atoms with Crippen molar-refractivity contribution in [3.05, 3.63) is 35.2 Å². The summed E-state index contributed by atoms with van der Waals surface area (Å²) < 4.78 is 27.9. The summed E-state index contributed by atoms with van der Waals surface area (Å²) in [6, 6.07) is 7.06. The second-order valence-corrected chi connectivity index (χ2v) is 8.32. The highest BCUT2D eigenvalue weighted by Crippen LogP contribution is 2.19. The van der Waals surface area contributed by atoms with Gasteiger partial charge in [-0.1, -0.05) is 16.8 Å². The first-order chi connectivity index (χ1) is 11.4. The predicted octanol–water partition coefficient (Wildman–Crippen LogP) is 1.48. The van der Waals surface area contributed by atoms with Gasteiger partial charge in [0.05, 0.1) is 17.4 Å². The van der Waals surface area contributed by atoms with Crippen LogP contribution in [-0.2, 0) is 21.1 Å². The Morgan fingerprint density at radius 1 is 1.33 bits per heavy atom. The van der Waals surface area contributed by atoms with Crippen LogP contribution in [0.5, 0.6) is 0 Å². The van der Waals surface area contributed by atoms with E-state index in [1.165, 1.54) is 0 Å². The minimum absolute atomic E-state index is 0.0693. The van der Waals surface area contributed by atoms with E-state index in [0.29, 0.717) is 36.1 Å². The SMILES string of the molecule is O=C(NCCc1nc(-c2ccc(Cl)cc2)no1)C1CCS(=O)(=O)C1. The molecule has 0 aliphatic carbocycles. The molecule has 2 aromatic rings. The minimum atomic E-state index is -3.06. The Bertz CT molecular complexity index is 833. The zero-order valence-corrected chi connectivity index (χ0v) is 14.3. The largest absolute Gasteiger partial charge is 0.355 e. The van der Waals surface area contributed by atoms with Crippen LogP contribution < -0.4 is 5.32 Å². The summed E-state index contributed by atoms with van der Waals surface area (Å²) in [5.41, 5.74) is 0.787. The van der Waals surface area contributed by atoms with Crippen LogP contribution in [-0.4, -0.2) is 42.5 Å². The van der Waals surface area contributed by atoms with Gasteiger partial charge in [-0.3, -0.25) is 4.79 Å². The molecule has 0 spiro atoms. The molecule has 24 heavy (non-hydrogen) atoms. The number of amides is 1.